The molecule has 0 unspecified atom stereocenters. The second-order valence-electron chi connectivity index (χ2n) is 4.79. The number of halogens is 4. The van der Waals surface area contributed by atoms with Gasteiger partial charge in [-0.3, -0.25) is 4.79 Å². The van der Waals surface area contributed by atoms with Gasteiger partial charge >= 0.3 is 6.18 Å². The number of nitrogens with zero attached hydrogens (tertiary/aromatic N) is 1. The van der Waals surface area contributed by atoms with Gasteiger partial charge < -0.3 is 10.2 Å². The molecule has 2 saturated heterocycles. The first-order valence-electron chi connectivity index (χ1n) is 5.46. The number of alkyl halides is 3. The number of nitrogens with one attached hydrogen (secondary N) is 1. The van der Waals surface area contributed by atoms with Gasteiger partial charge in [-0.05, 0) is 31.3 Å². The SMILES string of the molecule is Cl.O=C1CC2(CCNCC2)CN1CC(F)(F)F. The minimum Gasteiger partial charge on any atom is -0.333 e. The van der Waals surface area contributed by atoms with E-state index in [9.17, 15) is 18.0 Å². The molecular formula is C10H16ClF3N2O. The monoisotopic (exact) mass is 272 g/mol. The summed E-state index contributed by atoms with van der Waals surface area (Å²) in [5.41, 5.74) is -0.201. The number of hydrogen-bond acceptors (Lipinski definition) is 2. The van der Waals surface area contributed by atoms with Crippen molar-refractivity contribution in [3.8, 4) is 0 Å². The van der Waals surface area contributed by atoms with E-state index in [1.807, 2.05) is 0 Å². The lowest BCUT2D eigenvalue weighted by Gasteiger charge is -2.33. The van der Waals surface area contributed by atoms with E-state index in [4.69, 9.17) is 0 Å². The van der Waals surface area contributed by atoms with Crippen LogP contribution in [-0.4, -0.2) is 43.2 Å². The van der Waals surface area contributed by atoms with Crippen LogP contribution in [0.4, 0.5) is 13.2 Å². The summed E-state index contributed by atoms with van der Waals surface area (Å²) in [4.78, 5) is 12.5. The Labute approximate surface area is 104 Å². The first kappa shape index (κ1) is 14.6. The van der Waals surface area contributed by atoms with Crippen molar-refractivity contribution in [3.05, 3.63) is 0 Å². The standard InChI is InChI=1S/C10H15F3N2O.ClH/c11-10(12,13)7-15-6-9(5-8(15)16)1-3-14-4-2-9;/h14H,1-7H2;1H. The van der Waals surface area contributed by atoms with E-state index >= 15 is 0 Å². The Hall–Kier alpha value is -0.490. The molecule has 2 aliphatic heterocycles. The number of amides is 1. The van der Waals surface area contributed by atoms with Crippen molar-refractivity contribution >= 4 is 18.3 Å². The van der Waals surface area contributed by atoms with Crippen molar-refractivity contribution in [2.45, 2.75) is 25.4 Å². The number of carbonyl (C=O) groups is 1. The normalized spacial score (nSPS) is 23.9. The van der Waals surface area contributed by atoms with Gasteiger partial charge in [-0.1, -0.05) is 0 Å². The maximum atomic E-state index is 12.2. The van der Waals surface area contributed by atoms with Crippen LogP contribution in [0.1, 0.15) is 19.3 Å². The molecule has 2 heterocycles. The number of piperidine rings is 1. The fourth-order valence-electron chi connectivity index (χ4n) is 2.63. The maximum Gasteiger partial charge on any atom is 0.406 e. The highest BCUT2D eigenvalue weighted by Gasteiger charge is 2.46. The zero-order valence-electron chi connectivity index (χ0n) is 9.35. The summed E-state index contributed by atoms with van der Waals surface area (Å²) in [6.45, 7) is 0.772. The second-order valence-corrected chi connectivity index (χ2v) is 4.79. The summed E-state index contributed by atoms with van der Waals surface area (Å²) in [6.07, 6.45) is -2.40. The van der Waals surface area contributed by atoms with Crippen molar-refractivity contribution < 1.29 is 18.0 Å². The zero-order valence-corrected chi connectivity index (χ0v) is 10.2. The van der Waals surface area contributed by atoms with Gasteiger partial charge in [0, 0.05) is 13.0 Å². The van der Waals surface area contributed by atoms with E-state index in [0.717, 1.165) is 30.8 Å². The third-order valence-electron chi connectivity index (χ3n) is 3.44. The summed E-state index contributed by atoms with van der Waals surface area (Å²) in [5, 5.41) is 3.16. The molecule has 2 fully saturated rings. The van der Waals surface area contributed by atoms with Gasteiger partial charge in [0.1, 0.15) is 6.54 Å². The highest BCUT2D eigenvalue weighted by Crippen LogP contribution is 2.40. The fraction of sp³-hybridized carbons (Fsp3) is 0.900. The minimum atomic E-state index is -4.28. The molecule has 0 atom stereocenters. The fourth-order valence-corrected chi connectivity index (χ4v) is 2.63. The molecule has 100 valence electrons. The Morgan fingerprint density at radius 1 is 1.29 bits per heavy atom. The van der Waals surface area contributed by atoms with E-state index in [1.165, 1.54) is 0 Å². The first-order valence-corrected chi connectivity index (χ1v) is 5.46. The third-order valence-corrected chi connectivity index (χ3v) is 3.44. The van der Waals surface area contributed by atoms with Crippen LogP contribution in [0.25, 0.3) is 0 Å². The number of carbonyl (C=O) groups excluding carboxylic acids is 1. The molecule has 0 aliphatic carbocycles. The number of hydrogen-bond donors (Lipinski definition) is 1. The molecule has 7 heteroatoms. The molecule has 0 saturated carbocycles. The predicted molar refractivity (Wildman–Crippen MR) is 59.0 cm³/mol. The van der Waals surface area contributed by atoms with Gasteiger partial charge in [0.2, 0.25) is 5.91 Å². The van der Waals surface area contributed by atoms with Crippen LogP contribution in [0.3, 0.4) is 0 Å². The molecule has 0 bridgehead atoms. The quantitative estimate of drug-likeness (QED) is 0.786. The molecule has 2 aliphatic rings. The average molecular weight is 273 g/mol. The highest BCUT2D eigenvalue weighted by atomic mass is 35.5. The second kappa shape index (κ2) is 5.02. The largest absolute Gasteiger partial charge is 0.406 e. The molecule has 17 heavy (non-hydrogen) atoms. The van der Waals surface area contributed by atoms with Gasteiger partial charge in [-0.25, -0.2) is 0 Å². The molecule has 0 aromatic carbocycles. The van der Waals surface area contributed by atoms with Gasteiger partial charge in [-0.15, -0.1) is 12.4 Å². The summed E-state index contributed by atoms with van der Waals surface area (Å²) in [5.74, 6) is -0.348. The Bertz CT molecular complexity index is 290. The van der Waals surface area contributed by atoms with Gasteiger partial charge in [0.25, 0.3) is 0 Å². The molecule has 3 nitrogen and oxygen atoms in total. The van der Waals surface area contributed by atoms with Crippen LogP contribution in [0.5, 0.6) is 0 Å². The van der Waals surface area contributed by atoms with Crippen LogP contribution in [0, 0.1) is 5.41 Å². The summed E-state index contributed by atoms with van der Waals surface area (Å²) < 4.78 is 36.7. The van der Waals surface area contributed by atoms with Crippen LogP contribution < -0.4 is 5.32 Å². The third kappa shape index (κ3) is 3.48. The summed E-state index contributed by atoms with van der Waals surface area (Å²) in [7, 11) is 0. The van der Waals surface area contributed by atoms with Crippen LogP contribution in [0.15, 0.2) is 0 Å². The molecule has 2 rings (SSSR count). The first-order chi connectivity index (χ1) is 7.40. The molecule has 0 aromatic rings. The topological polar surface area (TPSA) is 32.3 Å². The molecule has 1 amide bonds. The minimum absolute atomic E-state index is 0. The van der Waals surface area contributed by atoms with Gasteiger partial charge in [0.15, 0.2) is 0 Å². The lowest BCUT2D eigenvalue weighted by molar-refractivity contribution is -0.157. The highest BCUT2D eigenvalue weighted by molar-refractivity contribution is 5.85. The molecular weight excluding hydrogens is 257 g/mol. The number of rotatable bonds is 1. The molecule has 1 N–H and O–H groups in total. The van der Waals surface area contributed by atoms with Crippen LogP contribution >= 0.6 is 12.4 Å². The molecule has 1 spiro atoms. The van der Waals surface area contributed by atoms with E-state index in [2.05, 4.69) is 5.32 Å². The molecule has 0 radical (unpaired) electrons. The molecule has 0 aromatic heterocycles. The van der Waals surface area contributed by atoms with Crippen molar-refractivity contribution in [3.63, 3.8) is 0 Å². The lowest BCUT2D eigenvalue weighted by Crippen LogP contribution is -2.40. The average Bonchev–Trinajstić information content (AvgIpc) is 2.41. The Morgan fingerprint density at radius 2 is 1.88 bits per heavy atom. The van der Waals surface area contributed by atoms with E-state index in [-0.39, 0.29) is 36.7 Å². The van der Waals surface area contributed by atoms with Gasteiger partial charge in [0.05, 0.1) is 0 Å². The number of likely N-dealkylation sites (tertiary alicyclic amines) is 1. The Morgan fingerprint density at radius 3 is 2.41 bits per heavy atom. The van der Waals surface area contributed by atoms with Crippen molar-refractivity contribution in [2.75, 3.05) is 26.2 Å². The maximum absolute atomic E-state index is 12.2. The van der Waals surface area contributed by atoms with E-state index in [0.29, 0.717) is 0 Å². The summed E-state index contributed by atoms with van der Waals surface area (Å²) >= 11 is 0. The van der Waals surface area contributed by atoms with Crippen molar-refractivity contribution in [2.24, 2.45) is 5.41 Å². The smallest absolute Gasteiger partial charge is 0.333 e. The van der Waals surface area contributed by atoms with Gasteiger partial charge in [-0.2, -0.15) is 13.2 Å². The predicted octanol–water partition coefficient (Wildman–Crippen LogP) is 1.57. The van der Waals surface area contributed by atoms with E-state index in [1.54, 1.807) is 0 Å². The Kier molecular flexibility index (Phi) is 4.30. The van der Waals surface area contributed by atoms with Crippen LogP contribution in [0.2, 0.25) is 0 Å². The van der Waals surface area contributed by atoms with Crippen LogP contribution in [-0.2, 0) is 4.79 Å². The summed E-state index contributed by atoms with van der Waals surface area (Å²) in [6, 6.07) is 0. The van der Waals surface area contributed by atoms with Crippen molar-refractivity contribution in [1.82, 2.24) is 10.2 Å². The Balaban J connectivity index is 0.00000144. The van der Waals surface area contributed by atoms with E-state index < -0.39 is 12.7 Å². The zero-order chi connectivity index (χ0) is 11.8. The van der Waals surface area contributed by atoms with Crippen molar-refractivity contribution in [1.29, 1.82) is 0 Å². The lowest BCUT2D eigenvalue weighted by atomic mass is 9.78.